The summed E-state index contributed by atoms with van der Waals surface area (Å²) in [6, 6.07) is 2.34. The lowest BCUT2D eigenvalue weighted by Gasteiger charge is -2.26. The molecular formula is C12H21N5. The number of nitrogens with two attached hydrogens (primary N) is 1. The molecule has 0 aromatic carbocycles. The summed E-state index contributed by atoms with van der Waals surface area (Å²) in [4.78, 5) is 10.8. The fraction of sp³-hybridized carbons (Fsp3) is 0.667. The van der Waals surface area contributed by atoms with Crippen LogP contribution >= 0.6 is 0 Å². The standard InChI is InChI=1S/C12H21N5/c1-17(10-3-2-6-14-7-4-10)9-12-15-8-5-11(13)16-12/h5,8,10,14H,2-4,6-7,9H2,1H3,(H2,13,15,16)/t10-/m1/s1. The third-order valence-corrected chi connectivity index (χ3v) is 3.29. The molecule has 94 valence electrons. The largest absolute Gasteiger partial charge is 0.384 e. The third kappa shape index (κ3) is 3.64. The minimum atomic E-state index is 0.547. The van der Waals surface area contributed by atoms with E-state index in [4.69, 9.17) is 5.73 Å². The van der Waals surface area contributed by atoms with Crippen LogP contribution in [0.25, 0.3) is 0 Å². The van der Waals surface area contributed by atoms with Crippen LogP contribution in [0.15, 0.2) is 12.3 Å². The lowest BCUT2D eigenvalue weighted by atomic mass is 10.1. The molecule has 1 aromatic heterocycles. The monoisotopic (exact) mass is 235 g/mol. The van der Waals surface area contributed by atoms with Gasteiger partial charge in [0.2, 0.25) is 0 Å². The highest BCUT2D eigenvalue weighted by atomic mass is 15.2. The van der Waals surface area contributed by atoms with Crippen LogP contribution in [0.1, 0.15) is 25.1 Å². The Morgan fingerprint density at radius 3 is 3.18 bits per heavy atom. The summed E-state index contributed by atoms with van der Waals surface area (Å²) in [5.41, 5.74) is 5.66. The fourth-order valence-corrected chi connectivity index (χ4v) is 2.28. The van der Waals surface area contributed by atoms with Crippen LogP contribution in [-0.2, 0) is 6.54 Å². The number of hydrogen-bond acceptors (Lipinski definition) is 5. The summed E-state index contributed by atoms with van der Waals surface area (Å²) < 4.78 is 0. The first-order chi connectivity index (χ1) is 8.25. The Morgan fingerprint density at radius 2 is 2.35 bits per heavy atom. The van der Waals surface area contributed by atoms with Crippen LogP contribution < -0.4 is 11.1 Å². The maximum atomic E-state index is 5.66. The number of nitrogens with zero attached hydrogens (tertiary/aromatic N) is 3. The number of nitrogens with one attached hydrogen (secondary N) is 1. The normalized spacial score (nSPS) is 21.4. The average molecular weight is 235 g/mol. The molecule has 2 heterocycles. The highest BCUT2D eigenvalue weighted by molar-refractivity contribution is 5.24. The first kappa shape index (κ1) is 12.3. The molecule has 0 unspecified atom stereocenters. The molecule has 5 heteroatoms. The number of aromatic nitrogens is 2. The molecule has 2 rings (SSSR count). The van der Waals surface area contributed by atoms with E-state index in [1.807, 2.05) is 0 Å². The van der Waals surface area contributed by atoms with Crippen molar-refractivity contribution in [2.24, 2.45) is 0 Å². The number of hydrogen-bond donors (Lipinski definition) is 2. The van der Waals surface area contributed by atoms with Gasteiger partial charge in [-0.25, -0.2) is 9.97 Å². The lowest BCUT2D eigenvalue weighted by Crippen LogP contribution is -2.32. The molecule has 17 heavy (non-hydrogen) atoms. The molecule has 1 aromatic rings. The SMILES string of the molecule is CN(Cc1nccc(N)n1)[C@@H]1CCCNCC1. The van der Waals surface area contributed by atoms with E-state index >= 15 is 0 Å². The van der Waals surface area contributed by atoms with Gasteiger partial charge in [-0.05, 0) is 45.5 Å². The third-order valence-electron chi connectivity index (χ3n) is 3.29. The second-order valence-electron chi connectivity index (χ2n) is 4.65. The molecule has 1 aliphatic rings. The van der Waals surface area contributed by atoms with Gasteiger partial charge in [0.25, 0.3) is 0 Å². The van der Waals surface area contributed by atoms with Gasteiger partial charge >= 0.3 is 0 Å². The second-order valence-corrected chi connectivity index (χ2v) is 4.65. The first-order valence-electron chi connectivity index (χ1n) is 6.24. The fourth-order valence-electron chi connectivity index (χ4n) is 2.28. The second kappa shape index (κ2) is 5.93. The molecule has 1 fully saturated rings. The van der Waals surface area contributed by atoms with Crippen molar-refractivity contribution < 1.29 is 0 Å². The minimum absolute atomic E-state index is 0.547. The maximum Gasteiger partial charge on any atom is 0.144 e. The van der Waals surface area contributed by atoms with Gasteiger partial charge in [0.05, 0.1) is 6.54 Å². The van der Waals surface area contributed by atoms with Gasteiger partial charge in [0, 0.05) is 12.2 Å². The smallest absolute Gasteiger partial charge is 0.144 e. The van der Waals surface area contributed by atoms with Gasteiger partial charge in [0.1, 0.15) is 11.6 Å². The van der Waals surface area contributed by atoms with Crippen molar-refractivity contribution in [2.45, 2.75) is 31.8 Å². The van der Waals surface area contributed by atoms with Crippen LogP contribution in [0.3, 0.4) is 0 Å². The minimum Gasteiger partial charge on any atom is -0.384 e. The van der Waals surface area contributed by atoms with Gasteiger partial charge in [0.15, 0.2) is 0 Å². The lowest BCUT2D eigenvalue weighted by molar-refractivity contribution is 0.212. The van der Waals surface area contributed by atoms with Crippen molar-refractivity contribution in [1.82, 2.24) is 20.2 Å². The summed E-state index contributed by atoms with van der Waals surface area (Å²) in [7, 11) is 2.14. The molecule has 1 atom stereocenters. The summed E-state index contributed by atoms with van der Waals surface area (Å²) in [5.74, 6) is 1.36. The quantitative estimate of drug-likeness (QED) is 0.804. The van der Waals surface area contributed by atoms with Crippen molar-refractivity contribution in [3.05, 3.63) is 18.1 Å². The topological polar surface area (TPSA) is 67.1 Å². The zero-order chi connectivity index (χ0) is 12.1. The molecule has 0 aliphatic carbocycles. The van der Waals surface area contributed by atoms with E-state index in [1.54, 1.807) is 12.3 Å². The Hall–Kier alpha value is -1.20. The van der Waals surface area contributed by atoms with Crippen molar-refractivity contribution in [1.29, 1.82) is 0 Å². The summed E-state index contributed by atoms with van der Waals surface area (Å²) in [6.07, 6.45) is 5.40. The van der Waals surface area contributed by atoms with Gasteiger partial charge in [-0.1, -0.05) is 0 Å². The van der Waals surface area contributed by atoms with Crippen molar-refractivity contribution >= 4 is 5.82 Å². The van der Waals surface area contributed by atoms with Crippen molar-refractivity contribution in [2.75, 3.05) is 25.9 Å². The Kier molecular flexibility index (Phi) is 4.28. The van der Waals surface area contributed by atoms with E-state index in [0.29, 0.717) is 11.9 Å². The Labute approximate surface area is 102 Å². The molecule has 3 N–H and O–H groups in total. The first-order valence-corrected chi connectivity index (χ1v) is 6.24. The highest BCUT2D eigenvalue weighted by Gasteiger charge is 2.17. The number of anilines is 1. The van der Waals surface area contributed by atoms with Gasteiger partial charge in [-0.3, -0.25) is 4.90 Å². The molecule has 5 nitrogen and oxygen atoms in total. The molecule has 0 radical (unpaired) electrons. The Balaban J connectivity index is 1.93. The zero-order valence-electron chi connectivity index (χ0n) is 10.4. The molecular weight excluding hydrogens is 214 g/mol. The van der Waals surface area contributed by atoms with E-state index in [1.165, 1.54) is 19.3 Å². The average Bonchev–Trinajstić information content (AvgIpc) is 2.57. The van der Waals surface area contributed by atoms with Gasteiger partial charge in [-0.15, -0.1) is 0 Å². The summed E-state index contributed by atoms with van der Waals surface area (Å²) >= 11 is 0. The number of rotatable bonds is 3. The van der Waals surface area contributed by atoms with E-state index in [-0.39, 0.29) is 0 Å². The van der Waals surface area contributed by atoms with Gasteiger partial charge in [-0.2, -0.15) is 0 Å². The van der Waals surface area contributed by atoms with Crippen LogP contribution in [-0.4, -0.2) is 41.0 Å². The van der Waals surface area contributed by atoms with Crippen LogP contribution in [0.2, 0.25) is 0 Å². The van der Waals surface area contributed by atoms with Crippen LogP contribution in [0.5, 0.6) is 0 Å². The molecule has 0 spiro atoms. The highest BCUT2D eigenvalue weighted by Crippen LogP contribution is 2.13. The van der Waals surface area contributed by atoms with Crippen LogP contribution in [0.4, 0.5) is 5.82 Å². The predicted molar refractivity (Wildman–Crippen MR) is 68.4 cm³/mol. The Bertz CT molecular complexity index is 347. The van der Waals surface area contributed by atoms with E-state index < -0.39 is 0 Å². The van der Waals surface area contributed by atoms with Gasteiger partial charge < -0.3 is 11.1 Å². The molecule has 0 amide bonds. The zero-order valence-corrected chi connectivity index (χ0v) is 10.4. The van der Waals surface area contributed by atoms with E-state index in [0.717, 1.165) is 25.5 Å². The maximum absolute atomic E-state index is 5.66. The summed E-state index contributed by atoms with van der Waals surface area (Å²) in [5, 5.41) is 3.43. The molecule has 0 bridgehead atoms. The summed E-state index contributed by atoms with van der Waals surface area (Å²) in [6.45, 7) is 3.02. The van der Waals surface area contributed by atoms with E-state index in [9.17, 15) is 0 Å². The van der Waals surface area contributed by atoms with Crippen LogP contribution in [0, 0.1) is 0 Å². The van der Waals surface area contributed by atoms with Crippen molar-refractivity contribution in [3.8, 4) is 0 Å². The molecule has 0 saturated carbocycles. The predicted octanol–water partition coefficient (Wildman–Crippen LogP) is 0.633. The van der Waals surface area contributed by atoms with Crippen molar-refractivity contribution in [3.63, 3.8) is 0 Å². The molecule has 1 saturated heterocycles. The van der Waals surface area contributed by atoms with E-state index in [2.05, 4.69) is 27.2 Å². The molecule has 1 aliphatic heterocycles. The number of nitrogen functional groups attached to an aromatic ring is 1. The Morgan fingerprint density at radius 1 is 1.47 bits per heavy atom.